The lowest BCUT2D eigenvalue weighted by molar-refractivity contribution is -0.129. The largest absolute Gasteiger partial charge is 0.346 e. The van der Waals surface area contributed by atoms with Crippen LogP contribution in [0.4, 0.5) is 0 Å². The molecule has 3 heterocycles. The number of thiophene rings is 1. The van der Waals surface area contributed by atoms with Crippen molar-refractivity contribution < 1.29 is 9.59 Å². The van der Waals surface area contributed by atoms with Crippen LogP contribution in [0, 0.1) is 0 Å². The van der Waals surface area contributed by atoms with Crippen LogP contribution in [0.3, 0.4) is 0 Å². The summed E-state index contributed by atoms with van der Waals surface area (Å²) >= 11 is 1.61. The number of amides is 2. The van der Waals surface area contributed by atoms with Gasteiger partial charge in [0.15, 0.2) is 0 Å². The van der Waals surface area contributed by atoms with E-state index < -0.39 is 0 Å². The van der Waals surface area contributed by atoms with E-state index in [2.05, 4.69) is 24.9 Å². The molecule has 1 spiro atoms. The van der Waals surface area contributed by atoms with Crippen molar-refractivity contribution in [1.29, 1.82) is 0 Å². The third-order valence-electron chi connectivity index (χ3n) is 5.65. The third kappa shape index (κ3) is 3.22. The highest BCUT2D eigenvalue weighted by atomic mass is 32.1. The molecule has 2 saturated heterocycles. The molecule has 2 aliphatic heterocycles. The van der Waals surface area contributed by atoms with Gasteiger partial charge in [-0.25, -0.2) is 0 Å². The Morgan fingerprint density at radius 3 is 2.71 bits per heavy atom. The van der Waals surface area contributed by atoms with Crippen LogP contribution in [0.2, 0.25) is 0 Å². The molecular formula is C18H27N3O2S. The maximum atomic E-state index is 12.9. The fraction of sp³-hybridized carbons (Fsp3) is 0.667. The Balaban J connectivity index is 1.77. The van der Waals surface area contributed by atoms with Crippen LogP contribution < -0.4 is 0 Å². The second-order valence-corrected chi connectivity index (χ2v) is 8.23. The van der Waals surface area contributed by atoms with Gasteiger partial charge in [0.25, 0.3) is 5.91 Å². The standard InChI is InChI=1S/C18H27N3O2S/c1-4-14-5-6-15(24-14)17(23)21-12-11-20(3)18(13-21)8-7-16(22)19(2)10-9-18/h5-6H,4,7-13H2,1-3H3. The van der Waals surface area contributed by atoms with Gasteiger partial charge in [-0.1, -0.05) is 6.92 Å². The summed E-state index contributed by atoms with van der Waals surface area (Å²) in [5.74, 6) is 0.366. The van der Waals surface area contributed by atoms with E-state index >= 15 is 0 Å². The molecule has 24 heavy (non-hydrogen) atoms. The van der Waals surface area contributed by atoms with Crippen molar-refractivity contribution in [3.8, 4) is 0 Å². The number of rotatable bonds is 2. The molecule has 5 nitrogen and oxygen atoms in total. The van der Waals surface area contributed by atoms with Crippen LogP contribution in [-0.4, -0.2) is 72.3 Å². The lowest BCUT2D eigenvalue weighted by Gasteiger charge is -2.49. The van der Waals surface area contributed by atoms with Gasteiger partial charge in [-0.2, -0.15) is 0 Å². The summed E-state index contributed by atoms with van der Waals surface area (Å²) in [7, 11) is 4.02. The molecule has 132 valence electrons. The van der Waals surface area contributed by atoms with Gasteiger partial charge in [-0.3, -0.25) is 14.5 Å². The first-order chi connectivity index (χ1) is 11.4. The van der Waals surface area contributed by atoms with Gasteiger partial charge in [-0.05, 0) is 38.4 Å². The second kappa shape index (κ2) is 6.84. The highest BCUT2D eigenvalue weighted by molar-refractivity contribution is 7.14. The lowest BCUT2D eigenvalue weighted by atomic mass is 9.86. The Morgan fingerprint density at radius 1 is 1.21 bits per heavy atom. The Bertz CT molecular complexity index is 630. The van der Waals surface area contributed by atoms with Crippen molar-refractivity contribution in [2.45, 2.75) is 38.1 Å². The number of hydrogen-bond donors (Lipinski definition) is 0. The van der Waals surface area contributed by atoms with Gasteiger partial charge in [-0.15, -0.1) is 11.3 Å². The predicted molar refractivity (Wildman–Crippen MR) is 96.4 cm³/mol. The summed E-state index contributed by atoms with van der Waals surface area (Å²) in [6.07, 6.45) is 3.31. The van der Waals surface area contributed by atoms with E-state index in [0.717, 1.165) is 50.3 Å². The normalized spacial score (nSPS) is 26.0. The first kappa shape index (κ1) is 17.4. The number of aryl methyl sites for hydroxylation is 1. The predicted octanol–water partition coefficient (Wildman–Crippen LogP) is 2.08. The van der Waals surface area contributed by atoms with Crippen molar-refractivity contribution in [1.82, 2.24) is 14.7 Å². The highest BCUT2D eigenvalue weighted by Gasteiger charge is 2.43. The molecule has 1 aromatic heterocycles. The first-order valence-electron chi connectivity index (χ1n) is 8.78. The molecule has 3 rings (SSSR count). The van der Waals surface area contributed by atoms with Gasteiger partial charge in [0.2, 0.25) is 5.91 Å². The molecular weight excluding hydrogens is 322 g/mol. The van der Waals surface area contributed by atoms with Crippen LogP contribution >= 0.6 is 11.3 Å². The number of carbonyl (C=O) groups is 2. The molecule has 0 radical (unpaired) electrons. The Hall–Kier alpha value is -1.40. The Labute approximate surface area is 148 Å². The molecule has 0 N–H and O–H groups in total. The second-order valence-electron chi connectivity index (χ2n) is 7.06. The zero-order chi connectivity index (χ0) is 17.3. The molecule has 1 aromatic rings. The number of likely N-dealkylation sites (tertiary alicyclic amines) is 1. The minimum atomic E-state index is -0.0703. The van der Waals surface area contributed by atoms with Crippen molar-refractivity contribution in [2.24, 2.45) is 0 Å². The van der Waals surface area contributed by atoms with E-state index in [9.17, 15) is 9.59 Å². The van der Waals surface area contributed by atoms with E-state index in [4.69, 9.17) is 0 Å². The topological polar surface area (TPSA) is 43.9 Å². The fourth-order valence-corrected chi connectivity index (χ4v) is 4.69. The molecule has 2 aliphatic rings. The molecule has 6 heteroatoms. The highest BCUT2D eigenvalue weighted by Crippen LogP contribution is 2.33. The molecule has 0 aliphatic carbocycles. The van der Waals surface area contributed by atoms with Gasteiger partial charge in [0.05, 0.1) is 4.88 Å². The van der Waals surface area contributed by atoms with Gasteiger partial charge in [0, 0.05) is 50.1 Å². The smallest absolute Gasteiger partial charge is 0.264 e. The van der Waals surface area contributed by atoms with Gasteiger partial charge in [0.1, 0.15) is 0 Å². The van der Waals surface area contributed by atoms with Crippen LogP contribution in [0.15, 0.2) is 12.1 Å². The molecule has 0 aromatic carbocycles. The zero-order valence-electron chi connectivity index (χ0n) is 14.9. The summed E-state index contributed by atoms with van der Waals surface area (Å²) in [6.45, 7) is 5.24. The monoisotopic (exact) mass is 349 g/mol. The first-order valence-corrected chi connectivity index (χ1v) is 9.60. The van der Waals surface area contributed by atoms with Crippen molar-refractivity contribution >= 4 is 23.2 Å². The lowest BCUT2D eigenvalue weighted by Crippen LogP contribution is -2.62. The average Bonchev–Trinajstić information content (AvgIpc) is 3.02. The van der Waals surface area contributed by atoms with Gasteiger partial charge >= 0.3 is 0 Å². The summed E-state index contributed by atoms with van der Waals surface area (Å²) in [6, 6.07) is 4.02. The third-order valence-corrected chi connectivity index (χ3v) is 6.87. The van der Waals surface area contributed by atoms with E-state index in [0.29, 0.717) is 6.42 Å². The minimum absolute atomic E-state index is 0.0703. The van der Waals surface area contributed by atoms with Crippen LogP contribution in [0.25, 0.3) is 0 Å². The van der Waals surface area contributed by atoms with E-state index in [1.54, 1.807) is 11.3 Å². The van der Waals surface area contributed by atoms with E-state index in [1.807, 2.05) is 22.9 Å². The van der Waals surface area contributed by atoms with E-state index in [-0.39, 0.29) is 17.4 Å². The number of likely N-dealkylation sites (N-methyl/N-ethyl adjacent to an activating group) is 1. The fourth-order valence-electron chi connectivity index (χ4n) is 3.77. The summed E-state index contributed by atoms with van der Waals surface area (Å²) in [5.41, 5.74) is -0.0703. The van der Waals surface area contributed by atoms with Crippen molar-refractivity contribution in [3.63, 3.8) is 0 Å². The van der Waals surface area contributed by atoms with Crippen molar-refractivity contribution in [2.75, 3.05) is 40.3 Å². The van der Waals surface area contributed by atoms with Gasteiger partial charge < -0.3 is 9.80 Å². The van der Waals surface area contributed by atoms with Crippen LogP contribution in [0.5, 0.6) is 0 Å². The number of hydrogen-bond acceptors (Lipinski definition) is 4. The molecule has 0 bridgehead atoms. The quantitative estimate of drug-likeness (QED) is 0.821. The molecule has 2 fully saturated rings. The Morgan fingerprint density at radius 2 is 2.00 bits per heavy atom. The van der Waals surface area contributed by atoms with Crippen LogP contribution in [0.1, 0.15) is 40.7 Å². The molecule has 0 saturated carbocycles. The van der Waals surface area contributed by atoms with Crippen LogP contribution in [-0.2, 0) is 11.2 Å². The van der Waals surface area contributed by atoms with Crippen molar-refractivity contribution in [3.05, 3.63) is 21.9 Å². The maximum absolute atomic E-state index is 12.9. The molecule has 1 unspecified atom stereocenters. The minimum Gasteiger partial charge on any atom is -0.346 e. The molecule has 2 amide bonds. The number of nitrogens with zero attached hydrogens (tertiary/aromatic N) is 3. The summed E-state index contributed by atoms with van der Waals surface area (Å²) in [4.78, 5) is 33.3. The number of piperazine rings is 1. The average molecular weight is 350 g/mol. The molecule has 1 atom stereocenters. The summed E-state index contributed by atoms with van der Waals surface area (Å²) < 4.78 is 0. The maximum Gasteiger partial charge on any atom is 0.264 e. The Kier molecular flexibility index (Phi) is 4.97. The number of carbonyl (C=O) groups excluding carboxylic acids is 2. The SMILES string of the molecule is CCc1ccc(C(=O)N2CCN(C)C3(CCC(=O)N(C)CC3)C2)s1. The van der Waals surface area contributed by atoms with E-state index in [1.165, 1.54) is 4.88 Å². The zero-order valence-corrected chi connectivity index (χ0v) is 15.7. The summed E-state index contributed by atoms with van der Waals surface area (Å²) in [5, 5.41) is 0.